The van der Waals surface area contributed by atoms with Crippen molar-refractivity contribution in [2.75, 3.05) is 0 Å². The summed E-state index contributed by atoms with van der Waals surface area (Å²) in [5.41, 5.74) is 4.20. The number of carbonyl (C=O) groups excluding carboxylic acids is 1. The summed E-state index contributed by atoms with van der Waals surface area (Å²) in [6.07, 6.45) is 3.43. The summed E-state index contributed by atoms with van der Waals surface area (Å²) in [6, 6.07) is 31.0. The normalized spacial score (nSPS) is 11.0. The molecule has 0 fully saturated rings. The van der Waals surface area contributed by atoms with E-state index in [9.17, 15) is 10.1 Å². The molecule has 0 atom stereocenters. The van der Waals surface area contributed by atoms with Gasteiger partial charge in [0.15, 0.2) is 0 Å². The zero-order valence-electron chi connectivity index (χ0n) is 16.8. The molecule has 0 aliphatic rings. The fourth-order valence-electron chi connectivity index (χ4n) is 3.20. The minimum atomic E-state index is -0.419. The molecule has 4 rings (SSSR count). The van der Waals surface area contributed by atoms with Crippen LogP contribution in [0.5, 0.6) is 0 Å². The lowest BCUT2D eigenvalue weighted by Gasteiger charge is -2.04. The number of nitriles is 1. The third-order valence-electron chi connectivity index (χ3n) is 4.77. The molecular weight excluding hydrogens is 384 g/mol. The lowest BCUT2D eigenvalue weighted by molar-refractivity contribution is -0.117. The molecule has 1 heterocycles. The fourth-order valence-corrected chi connectivity index (χ4v) is 3.20. The Morgan fingerprint density at radius 1 is 0.935 bits per heavy atom. The number of nitrogens with one attached hydrogen (secondary N) is 1. The van der Waals surface area contributed by atoms with E-state index in [0.717, 1.165) is 16.8 Å². The van der Waals surface area contributed by atoms with Gasteiger partial charge in [-0.1, -0.05) is 78.9 Å². The van der Waals surface area contributed by atoms with Gasteiger partial charge in [-0.15, -0.1) is 0 Å². The first kappa shape index (κ1) is 19.9. The van der Waals surface area contributed by atoms with E-state index in [2.05, 4.69) is 5.32 Å². The van der Waals surface area contributed by atoms with Crippen LogP contribution < -0.4 is 5.32 Å². The van der Waals surface area contributed by atoms with Crippen molar-refractivity contribution in [2.24, 2.45) is 0 Å². The first-order valence-electron chi connectivity index (χ1n) is 9.89. The first-order valence-corrected chi connectivity index (χ1v) is 9.89. The molecule has 0 spiro atoms. The topological polar surface area (TPSA) is 70.7 Å². The van der Waals surface area contributed by atoms with E-state index in [-0.39, 0.29) is 5.57 Å². The fraction of sp³-hybridized carbons (Fsp3) is 0.0385. The minimum Gasteiger partial charge on any atom is -0.347 e. The van der Waals surface area contributed by atoms with Crippen LogP contribution in [0.2, 0.25) is 0 Å². The number of rotatable bonds is 6. The molecule has 0 unspecified atom stereocenters. The second-order valence-corrected chi connectivity index (χ2v) is 6.92. The quantitative estimate of drug-likeness (QED) is 0.372. The van der Waals surface area contributed by atoms with Crippen LogP contribution in [0, 0.1) is 11.3 Å². The smallest absolute Gasteiger partial charge is 0.262 e. The molecule has 1 amide bonds. The van der Waals surface area contributed by atoms with Gasteiger partial charge in [-0.2, -0.15) is 10.4 Å². The van der Waals surface area contributed by atoms with Crippen LogP contribution in [-0.4, -0.2) is 15.7 Å². The van der Waals surface area contributed by atoms with Crippen LogP contribution in [0.3, 0.4) is 0 Å². The predicted molar refractivity (Wildman–Crippen MR) is 121 cm³/mol. The summed E-state index contributed by atoms with van der Waals surface area (Å²) in [5, 5.41) is 17.2. The van der Waals surface area contributed by atoms with Gasteiger partial charge in [0, 0.05) is 23.9 Å². The number of hydrogen-bond donors (Lipinski definition) is 1. The van der Waals surface area contributed by atoms with Crippen molar-refractivity contribution >= 4 is 12.0 Å². The van der Waals surface area contributed by atoms with Gasteiger partial charge in [-0.3, -0.25) is 4.79 Å². The van der Waals surface area contributed by atoms with Crippen molar-refractivity contribution < 1.29 is 4.79 Å². The molecule has 0 saturated carbocycles. The number of para-hydroxylation sites is 1. The number of carbonyl (C=O) groups is 1. The molecule has 5 heteroatoms. The summed E-state index contributed by atoms with van der Waals surface area (Å²) in [7, 11) is 0. The van der Waals surface area contributed by atoms with Gasteiger partial charge < -0.3 is 5.32 Å². The highest BCUT2D eigenvalue weighted by Gasteiger charge is 2.15. The van der Waals surface area contributed by atoms with Crippen molar-refractivity contribution in [2.45, 2.75) is 6.54 Å². The van der Waals surface area contributed by atoms with Crippen LogP contribution in [0.15, 0.2) is 103 Å². The lowest BCUT2D eigenvalue weighted by atomic mass is 10.1. The van der Waals surface area contributed by atoms with E-state index in [1.54, 1.807) is 10.8 Å². The average Bonchev–Trinajstić information content (AvgIpc) is 3.27. The van der Waals surface area contributed by atoms with Crippen molar-refractivity contribution in [3.8, 4) is 23.0 Å². The molecule has 31 heavy (non-hydrogen) atoms. The Labute approximate surface area is 180 Å². The molecule has 0 aliphatic carbocycles. The molecule has 150 valence electrons. The summed E-state index contributed by atoms with van der Waals surface area (Å²) in [4.78, 5) is 12.6. The van der Waals surface area contributed by atoms with Crippen LogP contribution >= 0.6 is 0 Å². The highest BCUT2D eigenvalue weighted by atomic mass is 16.1. The van der Waals surface area contributed by atoms with Crippen LogP contribution in [0.1, 0.15) is 11.1 Å². The summed E-state index contributed by atoms with van der Waals surface area (Å²) < 4.78 is 1.75. The van der Waals surface area contributed by atoms with E-state index in [1.807, 2.05) is 103 Å². The van der Waals surface area contributed by atoms with Gasteiger partial charge in [0.05, 0.1) is 11.4 Å². The van der Waals surface area contributed by atoms with Crippen molar-refractivity contribution in [1.82, 2.24) is 15.1 Å². The number of aromatic nitrogens is 2. The first-order chi connectivity index (χ1) is 15.2. The Hall–Kier alpha value is -4.43. The number of nitrogens with zero attached hydrogens (tertiary/aromatic N) is 3. The largest absolute Gasteiger partial charge is 0.347 e. The maximum absolute atomic E-state index is 12.6. The summed E-state index contributed by atoms with van der Waals surface area (Å²) in [5.74, 6) is -0.419. The van der Waals surface area contributed by atoms with Gasteiger partial charge in [-0.25, -0.2) is 4.68 Å². The maximum atomic E-state index is 12.6. The molecule has 0 bridgehead atoms. The van der Waals surface area contributed by atoms with E-state index >= 15 is 0 Å². The maximum Gasteiger partial charge on any atom is 0.262 e. The number of benzene rings is 3. The van der Waals surface area contributed by atoms with Crippen molar-refractivity contribution in [1.29, 1.82) is 5.26 Å². The zero-order chi connectivity index (χ0) is 21.5. The van der Waals surface area contributed by atoms with Gasteiger partial charge in [0.2, 0.25) is 0 Å². The van der Waals surface area contributed by atoms with Crippen LogP contribution in [-0.2, 0) is 11.3 Å². The molecule has 0 saturated heterocycles. The summed E-state index contributed by atoms with van der Waals surface area (Å²) >= 11 is 0. The van der Waals surface area contributed by atoms with Gasteiger partial charge in [0.25, 0.3) is 5.91 Å². The third kappa shape index (κ3) is 4.77. The lowest BCUT2D eigenvalue weighted by Crippen LogP contribution is -2.23. The average molecular weight is 404 g/mol. The van der Waals surface area contributed by atoms with Gasteiger partial charge in [0.1, 0.15) is 11.6 Å². The van der Waals surface area contributed by atoms with E-state index in [0.29, 0.717) is 17.8 Å². The third-order valence-corrected chi connectivity index (χ3v) is 4.77. The Kier molecular flexibility index (Phi) is 6.01. The highest BCUT2D eigenvalue weighted by molar-refractivity contribution is 6.02. The number of amides is 1. The molecular formula is C26H20N4O. The number of hydrogen-bond acceptors (Lipinski definition) is 3. The monoisotopic (exact) mass is 404 g/mol. The van der Waals surface area contributed by atoms with Gasteiger partial charge in [-0.05, 0) is 23.8 Å². The predicted octanol–water partition coefficient (Wildman–Crippen LogP) is 4.76. The van der Waals surface area contributed by atoms with E-state index in [1.165, 1.54) is 0 Å². The van der Waals surface area contributed by atoms with Crippen LogP contribution in [0.25, 0.3) is 23.0 Å². The minimum absolute atomic E-state index is 0.0284. The van der Waals surface area contributed by atoms with Crippen LogP contribution in [0.4, 0.5) is 0 Å². The molecule has 1 N–H and O–H groups in total. The van der Waals surface area contributed by atoms with Gasteiger partial charge >= 0.3 is 0 Å². The standard InChI is InChI=1S/C26H20N4O/c27-17-22(26(31)28-18-20-10-4-1-5-11-20)16-23-19-30(24-14-8-3-9-15-24)29-25(23)21-12-6-2-7-13-21/h1-16,19H,18H2,(H,28,31)/b22-16+. The molecule has 0 aliphatic heterocycles. The zero-order valence-corrected chi connectivity index (χ0v) is 16.8. The molecule has 1 aromatic heterocycles. The molecule has 0 radical (unpaired) electrons. The second kappa shape index (κ2) is 9.38. The Morgan fingerprint density at radius 3 is 2.19 bits per heavy atom. The molecule has 4 aromatic rings. The Morgan fingerprint density at radius 2 is 1.55 bits per heavy atom. The molecule has 5 nitrogen and oxygen atoms in total. The molecule has 3 aromatic carbocycles. The summed E-state index contributed by atoms with van der Waals surface area (Å²) in [6.45, 7) is 0.355. The Bertz CT molecular complexity index is 1240. The van der Waals surface area contributed by atoms with E-state index < -0.39 is 5.91 Å². The van der Waals surface area contributed by atoms with Crippen molar-refractivity contribution in [3.63, 3.8) is 0 Å². The van der Waals surface area contributed by atoms with Crippen molar-refractivity contribution in [3.05, 3.63) is 114 Å². The Balaban J connectivity index is 1.67. The second-order valence-electron chi connectivity index (χ2n) is 6.92. The highest BCUT2D eigenvalue weighted by Crippen LogP contribution is 2.25. The SMILES string of the molecule is N#C/C(=C\c1cn(-c2ccccc2)nc1-c1ccccc1)C(=O)NCc1ccccc1. The van der Waals surface area contributed by atoms with E-state index in [4.69, 9.17) is 5.10 Å².